The van der Waals surface area contributed by atoms with Crippen LogP contribution >= 0.6 is 0 Å². The van der Waals surface area contributed by atoms with Crippen molar-refractivity contribution in [2.75, 3.05) is 12.4 Å². The molecule has 3 aromatic rings. The zero-order valence-corrected chi connectivity index (χ0v) is 15.1. The van der Waals surface area contributed by atoms with Gasteiger partial charge in [-0.15, -0.1) is 0 Å². The number of ether oxygens (including phenoxy) is 1. The van der Waals surface area contributed by atoms with Crippen LogP contribution in [0.3, 0.4) is 0 Å². The fourth-order valence-corrected chi connectivity index (χ4v) is 3.03. The molecule has 1 heterocycles. The van der Waals surface area contributed by atoms with E-state index in [4.69, 9.17) is 4.74 Å². The van der Waals surface area contributed by atoms with Crippen LogP contribution in [0.1, 0.15) is 21.6 Å². The molecule has 2 aromatic carbocycles. The highest BCUT2D eigenvalue weighted by Crippen LogP contribution is 2.40. The number of benzene rings is 2. The normalized spacial score (nSPS) is 12.3. The van der Waals surface area contributed by atoms with E-state index < -0.39 is 35.1 Å². The van der Waals surface area contributed by atoms with E-state index in [1.165, 1.54) is 11.6 Å². The summed E-state index contributed by atoms with van der Waals surface area (Å²) in [5, 5.41) is 2.99. The van der Waals surface area contributed by atoms with E-state index in [1.54, 1.807) is 24.3 Å². The maximum atomic E-state index is 13.1. The van der Waals surface area contributed by atoms with Gasteiger partial charge in [0.05, 0.1) is 29.4 Å². The Kier molecular flexibility index (Phi) is 4.97. The van der Waals surface area contributed by atoms with Crippen LogP contribution in [0.25, 0.3) is 10.9 Å². The third-order valence-corrected chi connectivity index (χ3v) is 4.34. The molecule has 4 nitrogen and oxygen atoms in total. The number of anilines is 2. The summed E-state index contributed by atoms with van der Waals surface area (Å²) in [5.74, 6) is -0.797. The molecular weight excluding hydrogens is 402 g/mol. The van der Waals surface area contributed by atoms with Crippen LogP contribution < -0.4 is 5.32 Å². The van der Waals surface area contributed by atoms with Crippen LogP contribution in [-0.4, -0.2) is 17.6 Å². The molecule has 154 valence electrons. The predicted molar refractivity (Wildman–Crippen MR) is 94.0 cm³/mol. The molecule has 0 atom stereocenters. The van der Waals surface area contributed by atoms with Gasteiger partial charge >= 0.3 is 18.3 Å². The first-order chi connectivity index (χ1) is 13.4. The average Bonchev–Trinajstić information content (AvgIpc) is 2.92. The van der Waals surface area contributed by atoms with Gasteiger partial charge in [-0.1, -0.05) is 18.2 Å². The molecule has 29 heavy (non-hydrogen) atoms. The molecule has 0 fully saturated rings. The Morgan fingerprint density at radius 3 is 2.03 bits per heavy atom. The minimum absolute atomic E-state index is 0.0372. The van der Waals surface area contributed by atoms with E-state index in [1.807, 2.05) is 0 Å². The van der Waals surface area contributed by atoms with E-state index in [2.05, 4.69) is 5.32 Å². The number of aromatic nitrogens is 1. The van der Waals surface area contributed by atoms with Crippen LogP contribution in [0.5, 0.6) is 0 Å². The number of aryl methyl sites for hydroxylation is 1. The molecule has 3 rings (SSSR count). The number of fused-ring (bicyclic) bond motifs is 1. The van der Waals surface area contributed by atoms with Gasteiger partial charge in [0.15, 0.2) is 5.69 Å². The quantitative estimate of drug-likeness (QED) is 0.437. The van der Waals surface area contributed by atoms with Gasteiger partial charge in [0.2, 0.25) is 0 Å². The second-order valence-electron chi connectivity index (χ2n) is 6.21. The maximum Gasteiger partial charge on any atom is 0.416 e. The number of esters is 1. The van der Waals surface area contributed by atoms with Crippen LogP contribution in [0.2, 0.25) is 0 Å². The lowest BCUT2D eigenvalue weighted by molar-refractivity contribution is -0.143. The summed E-state index contributed by atoms with van der Waals surface area (Å²) in [6.45, 7) is 0. The minimum atomic E-state index is -4.98. The zero-order valence-electron chi connectivity index (χ0n) is 15.1. The highest BCUT2D eigenvalue weighted by atomic mass is 19.4. The van der Waals surface area contributed by atoms with Gasteiger partial charge in [-0.25, -0.2) is 4.79 Å². The van der Waals surface area contributed by atoms with Gasteiger partial charge in [0.1, 0.15) is 0 Å². The Bertz CT molecular complexity index is 1050. The van der Waals surface area contributed by atoms with Crippen LogP contribution in [-0.2, 0) is 24.1 Å². The Morgan fingerprint density at radius 2 is 1.52 bits per heavy atom. The molecular formula is C19H14F6N2O2. The standard InChI is InChI=1S/C19H14F6N2O2/c1-27-14-6-4-3-5-13(14)15(16(27)17(28)29-2)26-12-8-10(18(20,21)22)7-11(9-12)19(23,24)25/h3-9,26H,1-2H3. The molecule has 0 saturated heterocycles. The van der Waals surface area contributed by atoms with Gasteiger partial charge in [-0.2, -0.15) is 26.3 Å². The maximum absolute atomic E-state index is 13.1. The molecule has 0 bridgehead atoms. The average molecular weight is 416 g/mol. The van der Waals surface area contributed by atoms with Crippen molar-refractivity contribution in [2.45, 2.75) is 12.4 Å². The molecule has 0 aliphatic rings. The number of carbonyl (C=O) groups excluding carboxylic acids is 1. The van der Waals surface area contributed by atoms with Gasteiger partial charge in [-0.05, 0) is 24.3 Å². The van der Waals surface area contributed by atoms with Crippen molar-refractivity contribution < 1.29 is 35.9 Å². The number of hydrogen-bond donors (Lipinski definition) is 1. The predicted octanol–water partition coefficient (Wildman–Crippen LogP) is 5.75. The fraction of sp³-hybridized carbons (Fsp3) is 0.211. The highest BCUT2D eigenvalue weighted by Gasteiger charge is 2.37. The smallest absolute Gasteiger partial charge is 0.416 e. The topological polar surface area (TPSA) is 43.3 Å². The number of methoxy groups -OCH3 is 1. The van der Waals surface area contributed by atoms with Crippen molar-refractivity contribution in [3.05, 3.63) is 59.3 Å². The Balaban J connectivity index is 2.23. The largest absolute Gasteiger partial charge is 0.464 e. The summed E-state index contributed by atoms with van der Waals surface area (Å²) in [6, 6.07) is 7.69. The molecule has 0 saturated carbocycles. The lowest BCUT2D eigenvalue weighted by atomic mass is 10.1. The Morgan fingerprint density at radius 1 is 0.966 bits per heavy atom. The summed E-state index contributed by atoms with van der Waals surface area (Å²) in [4.78, 5) is 12.2. The van der Waals surface area contributed by atoms with Gasteiger partial charge in [0, 0.05) is 18.1 Å². The summed E-state index contributed by atoms with van der Waals surface area (Å²) >= 11 is 0. The van der Waals surface area contributed by atoms with Crippen LogP contribution in [0.4, 0.5) is 37.7 Å². The number of hydrogen-bond acceptors (Lipinski definition) is 3. The SMILES string of the molecule is COC(=O)c1c(Nc2cc(C(F)(F)F)cc(C(F)(F)F)c2)c2ccccc2n1C. The van der Waals surface area contributed by atoms with Crippen molar-refractivity contribution in [3.63, 3.8) is 0 Å². The van der Waals surface area contributed by atoms with Crippen molar-refractivity contribution >= 4 is 28.2 Å². The molecule has 10 heteroatoms. The third kappa shape index (κ3) is 3.87. The van der Waals surface area contributed by atoms with Crippen molar-refractivity contribution in [1.29, 1.82) is 0 Å². The van der Waals surface area contributed by atoms with Crippen LogP contribution in [0, 0.1) is 0 Å². The first-order valence-corrected chi connectivity index (χ1v) is 8.15. The number of carbonyl (C=O) groups is 1. The van der Waals surface area contributed by atoms with E-state index in [9.17, 15) is 31.1 Å². The number of halogens is 6. The number of rotatable bonds is 3. The highest BCUT2D eigenvalue weighted by molar-refractivity contribution is 6.07. The van der Waals surface area contributed by atoms with E-state index >= 15 is 0 Å². The van der Waals surface area contributed by atoms with Gasteiger partial charge in [-0.3, -0.25) is 0 Å². The van der Waals surface area contributed by atoms with Gasteiger partial charge < -0.3 is 14.6 Å². The lowest BCUT2D eigenvalue weighted by Gasteiger charge is -2.16. The van der Waals surface area contributed by atoms with Gasteiger partial charge in [0.25, 0.3) is 0 Å². The lowest BCUT2D eigenvalue weighted by Crippen LogP contribution is -2.13. The molecule has 0 amide bonds. The number of nitrogens with zero attached hydrogens (tertiary/aromatic N) is 1. The number of nitrogens with one attached hydrogen (secondary N) is 1. The summed E-state index contributed by atoms with van der Waals surface area (Å²) in [5.41, 5.74) is -2.85. The van der Waals surface area contributed by atoms with Crippen molar-refractivity contribution in [3.8, 4) is 0 Å². The minimum Gasteiger partial charge on any atom is -0.464 e. The van der Waals surface area contributed by atoms with Crippen molar-refractivity contribution in [2.24, 2.45) is 7.05 Å². The zero-order chi connectivity index (χ0) is 21.6. The summed E-state index contributed by atoms with van der Waals surface area (Å²) in [7, 11) is 2.66. The van der Waals surface area contributed by atoms with E-state index in [0.29, 0.717) is 23.0 Å². The summed E-state index contributed by atoms with van der Waals surface area (Å²) < 4.78 is 84.9. The molecule has 0 spiro atoms. The Hall–Kier alpha value is -3.17. The number of alkyl halides is 6. The first-order valence-electron chi connectivity index (χ1n) is 8.15. The molecule has 1 aromatic heterocycles. The van der Waals surface area contributed by atoms with Crippen molar-refractivity contribution in [1.82, 2.24) is 4.57 Å². The number of para-hydroxylation sites is 1. The van der Waals surface area contributed by atoms with E-state index in [0.717, 1.165) is 7.11 Å². The molecule has 0 aliphatic heterocycles. The van der Waals surface area contributed by atoms with Crippen LogP contribution in [0.15, 0.2) is 42.5 Å². The Labute approximate surface area is 160 Å². The molecule has 0 radical (unpaired) electrons. The molecule has 1 N–H and O–H groups in total. The fourth-order valence-electron chi connectivity index (χ4n) is 3.03. The second-order valence-corrected chi connectivity index (χ2v) is 6.21. The molecule has 0 aliphatic carbocycles. The second kappa shape index (κ2) is 7.02. The third-order valence-electron chi connectivity index (χ3n) is 4.34. The first kappa shape index (κ1) is 20.6. The monoisotopic (exact) mass is 416 g/mol. The van der Waals surface area contributed by atoms with E-state index in [-0.39, 0.29) is 17.4 Å². The summed E-state index contributed by atoms with van der Waals surface area (Å²) in [6.07, 6.45) is -9.97. The molecule has 0 unspecified atom stereocenters.